The lowest BCUT2D eigenvalue weighted by Crippen LogP contribution is -2.20. The van der Waals surface area contributed by atoms with Crippen molar-refractivity contribution in [2.24, 2.45) is 5.10 Å². The lowest BCUT2D eigenvalue weighted by Gasteiger charge is -2.09. The molecule has 0 aliphatic carbocycles. The first-order chi connectivity index (χ1) is 14.2. The van der Waals surface area contributed by atoms with Gasteiger partial charge in [-0.15, -0.1) is 11.3 Å². The highest BCUT2D eigenvalue weighted by Crippen LogP contribution is 2.25. The smallest absolute Gasteiger partial charge is 0.278 e. The third-order valence-corrected chi connectivity index (χ3v) is 6.94. The Bertz CT molecular complexity index is 1240. The van der Waals surface area contributed by atoms with Crippen molar-refractivity contribution in [2.45, 2.75) is 18.7 Å². The topological polar surface area (TPSA) is 87.6 Å². The van der Waals surface area contributed by atoms with Crippen LogP contribution in [0.4, 0.5) is 5.69 Å². The molecule has 0 aliphatic heterocycles. The molecular formula is C20H17Cl2N3O3S2. The first kappa shape index (κ1) is 22.3. The quantitative estimate of drug-likeness (QED) is 0.368. The number of carbonyl (C=O) groups is 1. The number of hydrogen-bond donors (Lipinski definition) is 2. The molecule has 0 unspecified atom stereocenters. The number of hydrogen-bond acceptors (Lipinski definition) is 5. The zero-order valence-electron chi connectivity index (χ0n) is 15.9. The maximum absolute atomic E-state index is 12.5. The van der Waals surface area contributed by atoms with Gasteiger partial charge in [-0.25, -0.2) is 0 Å². The van der Waals surface area contributed by atoms with Crippen LogP contribution in [0.15, 0.2) is 64.6 Å². The largest absolute Gasteiger partial charge is 0.321 e. The summed E-state index contributed by atoms with van der Waals surface area (Å²) in [5, 5.41) is 7.06. The molecule has 0 spiro atoms. The van der Waals surface area contributed by atoms with E-state index in [1.54, 1.807) is 37.3 Å². The van der Waals surface area contributed by atoms with Crippen molar-refractivity contribution in [3.63, 3.8) is 0 Å². The normalized spacial score (nSPS) is 11.9. The van der Waals surface area contributed by atoms with Crippen molar-refractivity contribution in [2.75, 3.05) is 5.32 Å². The van der Waals surface area contributed by atoms with Gasteiger partial charge in [-0.05, 0) is 61.9 Å². The van der Waals surface area contributed by atoms with Crippen LogP contribution in [0.5, 0.6) is 0 Å². The summed E-state index contributed by atoms with van der Waals surface area (Å²) >= 11 is 13.2. The van der Waals surface area contributed by atoms with Gasteiger partial charge >= 0.3 is 0 Å². The fourth-order valence-corrected chi connectivity index (χ4v) is 4.88. The summed E-state index contributed by atoms with van der Waals surface area (Å²) in [4.78, 5) is 16.0. The second-order valence-corrected chi connectivity index (χ2v) is 10.1. The van der Waals surface area contributed by atoms with E-state index in [1.165, 1.54) is 29.5 Å². The Kier molecular flexibility index (Phi) is 6.82. The Morgan fingerprint density at radius 2 is 1.83 bits per heavy atom. The molecule has 0 radical (unpaired) electrons. The van der Waals surface area contributed by atoms with Gasteiger partial charge < -0.3 is 5.32 Å². The predicted molar refractivity (Wildman–Crippen MR) is 122 cm³/mol. The van der Waals surface area contributed by atoms with Crippen molar-refractivity contribution in [1.82, 2.24) is 4.83 Å². The molecule has 3 aromatic rings. The van der Waals surface area contributed by atoms with Crippen LogP contribution in [-0.4, -0.2) is 20.0 Å². The molecule has 3 rings (SSSR count). The van der Waals surface area contributed by atoms with Crippen molar-refractivity contribution < 1.29 is 13.2 Å². The van der Waals surface area contributed by atoms with E-state index in [1.807, 2.05) is 13.0 Å². The lowest BCUT2D eigenvalue weighted by atomic mass is 10.1. The van der Waals surface area contributed by atoms with Gasteiger partial charge in [0.2, 0.25) is 0 Å². The van der Waals surface area contributed by atoms with E-state index in [-0.39, 0.29) is 20.8 Å². The molecule has 1 amide bonds. The molecule has 156 valence electrons. The van der Waals surface area contributed by atoms with Gasteiger partial charge in [-0.2, -0.15) is 18.4 Å². The van der Waals surface area contributed by atoms with Gasteiger partial charge in [0.25, 0.3) is 15.9 Å². The number of nitrogens with one attached hydrogen (secondary N) is 2. The molecule has 2 aromatic carbocycles. The predicted octanol–water partition coefficient (Wildman–Crippen LogP) is 5.32. The summed E-state index contributed by atoms with van der Waals surface area (Å²) in [6, 6.07) is 14.7. The number of thiophene rings is 1. The second-order valence-electron chi connectivity index (χ2n) is 6.31. The van der Waals surface area contributed by atoms with E-state index in [4.69, 9.17) is 23.2 Å². The standard InChI is InChI=1S/C20H17Cl2N3O3S2/c1-12-6-9-18(29-12)20(26)23-16-5-3-4-14(10-16)13(2)24-25-30(27,28)19-11-15(21)7-8-17(19)22/h3-11,25H,1-2H3,(H,23,26)/b24-13+. The van der Waals surface area contributed by atoms with E-state index < -0.39 is 10.0 Å². The van der Waals surface area contributed by atoms with Crippen molar-refractivity contribution >= 4 is 61.9 Å². The van der Waals surface area contributed by atoms with Crippen LogP contribution < -0.4 is 10.1 Å². The first-order valence-electron chi connectivity index (χ1n) is 8.65. The molecule has 1 heterocycles. The Morgan fingerprint density at radius 3 is 2.53 bits per heavy atom. The number of carbonyl (C=O) groups excluding carboxylic acids is 1. The SMILES string of the molecule is C/C(=N\NS(=O)(=O)c1cc(Cl)ccc1Cl)c1cccc(NC(=O)c2ccc(C)s2)c1. The number of benzene rings is 2. The van der Waals surface area contributed by atoms with E-state index >= 15 is 0 Å². The van der Waals surface area contributed by atoms with Gasteiger partial charge in [0.1, 0.15) is 4.90 Å². The van der Waals surface area contributed by atoms with Crippen LogP contribution >= 0.6 is 34.5 Å². The average molecular weight is 482 g/mol. The van der Waals surface area contributed by atoms with Crippen molar-refractivity contribution in [3.05, 3.63) is 80.0 Å². The highest BCUT2D eigenvalue weighted by atomic mass is 35.5. The van der Waals surface area contributed by atoms with Gasteiger partial charge in [0, 0.05) is 15.6 Å². The molecule has 0 fully saturated rings. The minimum Gasteiger partial charge on any atom is -0.321 e. The lowest BCUT2D eigenvalue weighted by molar-refractivity contribution is 0.103. The average Bonchev–Trinajstić information content (AvgIpc) is 3.14. The Balaban J connectivity index is 1.77. The molecular weight excluding hydrogens is 465 g/mol. The van der Waals surface area contributed by atoms with Gasteiger partial charge in [-0.3, -0.25) is 4.79 Å². The number of sulfonamides is 1. The number of rotatable bonds is 6. The summed E-state index contributed by atoms with van der Waals surface area (Å²) in [7, 11) is -4.00. The molecule has 0 saturated carbocycles. The fourth-order valence-electron chi connectivity index (χ4n) is 2.50. The van der Waals surface area contributed by atoms with Gasteiger partial charge in [0.15, 0.2) is 0 Å². The number of aryl methyl sites for hydroxylation is 1. The maximum atomic E-state index is 12.5. The zero-order chi connectivity index (χ0) is 21.9. The summed E-state index contributed by atoms with van der Waals surface area (Å²) in [5.74, 6) is -0.212. The zero-order valence-corrected chi connectivity index (χ0v) is 19.1. The molecule has 2 N–H and O–H groups in total. The monoisotopic (exact) mass is 481 g/mol. The Labute approximate surface area is 188 Å². The molecule has 30 heavy (non-hydrogen) atoms. The number of nitrogens with zero attached hydrogens (tertiary/aromatic N) is 1. The summed E-state index contributed by atoms with van der Waals surface area (Å²) in [5.41, 5.74) is 1.61. The number of hydrazone groups is 1. The highest BCUT2D eigenvalue weighted by molar-refractivity contribution is 7.89. The molecule has 6 nitrogen and oxygen atoms in total. The number of anilines is 1. The molecule has 0 bridgehead atoms. The maximum Gasteiger partial charge on any atom is 0.278 e. The van der Waals surface area contributed by atoms with Crippen LogP contribution in [0, 0.1) is 6.92 Å². The molecule has 0 atom stereocenters. The number of amides is 1. The van der Waals surface area contributed by atoms with E-state index in [0.29, 0.717) is 21.8 Å². The molecule has 0 saturated heterocycles. The van der Waals surface area contributed by atoms with Crippen molar-refractivity contribution in [1.29, 1.82) is 0 Å². The Morgan fingerprint density at radius 1 is 1.07 bits per heavy atom. The highest BCUT2D eigenvalue weighted by Gasteiger charge is 2.18. The van der Waals surface area contributed by atoms with Crippen LogP contribution in [-0.2, 0) is 10.0 Å². The Hall–Kier alpha value is -2.39. The summed E-state index contributed by atoms with van der Waals surface area (Å²) in [6.07, 6.45) is 0. The van der Waals surface area contributed by atoms with Crippen LogP contribution in [0.1, 0.15) is 27.0 Å². The number of halogens is 2. The van der Waals surface area contributed by atoms with Crippen LogP contribution in [0.25, 0.3) is 0 Å². The van der Waals surface area contributed by atoms with E-state index in [2.05, 4.69) is 15.2 Å². The van der Waals surface area contributed by atoms with Crippen LogP contribution in [0.2, 0.25) is 10.0 Å². The van der Waals surface area contributed by atoms with E-state index in [9.17, 15) is 13.2 Å². The third-order valence-electron chi connectivity index (χ3n) is 4.02. The minimum atomic E-state index is -4.00. The molecule has 0 aliphatic rings. The van der Waals surface area contributed by atoms with Crippen LogP contribution in [0.3, 0.4) is 0 Å². The van der Waals surface area contributed by atoms with Gasteiger partial charge in [-0.1, -0.05) is 35.3 Å². The van der Waals surface area contributed by atoms with E-state index in [0.717, 1.165) is 4.88 Å². The molecule has 1 aromatic heterocycles. The summed E-state index contributed by atoms with van der Waals surface area (Å²) in [6.45, 7) is 3.57. The third kappa shape index (κ3) is 5.40. The first-order valence-corrected chi connectivity index (χ1v) is 11.7. The summed E-state index contributed by atoms with van der Waals surface area (Å²) < 4.78 is 25.0. The minimum absolute atomic E-state index is 0.0354. The van der Waals surface area contributed by atoms with Crippen molar-refractivity contribution in [3.8, 4) is 0 Å². The van der Waals surface area contributed by atoms with Gasteiger partial charge in [0.05, 0.1) is 15.6 Å². The fraction of sp³-hybridized carbons (Fsp3) is 0.100. The molecule has 10 heteroatoms. The second kappa shape index (κ2) is 9.18.